The van der Waals surface area contributed by atoms with E-state index < -0.39 is 5.82 Å². The summed E-state index contributed by atoms with van der Waals surface area (Å²) in [5, 5.41) is 0.344. The summed E-state index contributed by atoms with van der Waals surface area (Å²) in [4.78, 5) is 16.8. The first kappa shape index (κ1) is 14.5. The van der Waals surface area contributed by atoms with Crippen molar-refractivity contribution in [3.63, 3.8) is 0 Å². The van der Waals surface area contributed by atoms with E-state index >= 15 is 0 Å². The first-order valence-electron chi connectivity index (χ1n) is 6.45. The third kappa shape index (κ3) is 2.53. The number of carbonyl (C=O) groups is 1. The van der Waals surface area contributed by atoms with Gasteiger partial charge in [0.05, 0.1) is 24.4 Å². The zero-order valence-corrected chi connectivity index (χ0v) is 12.7. The van der Waals surface area contributed by atoms with Crippen molar-refractivity contribution in [1.29, 1.82) is 0 Å². The molecule has 22 heavy (non-hydrogen) atoms. The van der Waals surface area contributed by atoms with Crippen molar-refractivity contribution >= 4 is 27.3 Å². The molecule has 0 amide bonds. The van der Waals surface area contributed by atoms with Crippen molar-refractivity contribution in [1.82, 2.24) is 4.98 Å². The molecule has 0 fully saturated rings. The van der Waals surface area contributed by atoms with E-state index in [0.29, 0.717) is 16.3 Å². The van der Waals surface area contributed by atoms with Gasteiger partial charge in [-0.05, 0) is 36.4 Å². The number of hydrogen-bond donors (Lipinski definition) is 0. The van der Waals surface area contributed by atoms with Crippen molar-refractivity contribution in [2.45, 2.75) is 0 Å². The molecule has 0 atom stereocenters. The fraction of sp³-hybridized carbons (Fsp3) is 0.125. The van der Waals surface area contributed by atoms with Crippen LogP contribution in [0.2, 0.25) is 0 Å². The van der Waals surface area contributed by atoms with Gasteiger partial charge in [-0.3, -0.25) is 4.79 Å². The van der Waals surface area contributed by atoms with E-state index in [-0.39, 0.29) is 11.5 Å². The van der Waals surface area contributed by atoms with E-state index in [1.165, 1.54) is 36.6 Å². The molecule has 4 nitrogen and oxygen atoms in total. The number of thiazole rings is 1. The van der Waals surface area contributed by atoms with Crippen LogP contribution < -0.4 is 9.47 Å². The molecular weight excluding hydrogens is 305 g/mol. The molecule has 0 bridgehead atoms. The minimum atomic E-state index is -0.506. The van der Waals surface area contributed by atoms with E-state index in [4.69, 9.17) is 9.47 Å². The number of carbonyl (C=O) groups excluding carboxylic acids is 1. The maximum Gasteiger partial charge on any atom is 0.221 e. The van der Waals surface area contributed by atoms with Crippen molar-refractivity contribution < 1.29 is 18.7 Å². The van der Waals surface area contributed by atoms with E-state index in [1.807, 2.05) is 6.07 Å². The minimum absolute atomic E-state index is 0.0358. The highest BCUT2D eigenvalue weighted by molar-refractivity contribution is 7.20. The fourth-order valence-electron chi connectivity index (χ4n) is 2.05. The van der Waals surface area contributed by atoms with E-state index in [2.05, 4.69) is 4.98 Å². The second-order valence-electron chi connectivity index (χ2n) is 4.53. The smallest absolute Gasteiger partial charge is 0.221 e. The van der Waals surface area contributed by atoms with Gasteiger partial charge in [0, 0.05) is 5.56 Å². The van der Waals surface area contributed by atoms with Gasteiger partial charge in [0.15, 0.2) is 16.6 Å². The summed E-state index contributed by atoms with van der Waals surface area (Å²) in [5.41, 5.74) is 1.06. The van der Waals surface area contributed by atoms with Gasteiger partial charge in [0.25, 0.3) is 0 Å². The third-order valence-electron chi connectivity index (χ3n) is 3.20. The topological polar surface area (TPSA) is 48.4 Å². The number of fused-ring (bicyclic) bond motifs is 1. The summed E-state index contributed by atoms with van der Waals surface area (Å²) in [7, 11) is 2.94. The van der Waals surface area contributed by atoms with Crippen LogP contribution >= 0.6 is 11.3 Å². The SMILES string of the molecule is COc1ccc2nc(C(=O)c3ccc(F)c(OC)c3)sc2c1. The van der Waals surface area contributed by atoms with Crippen LogP contribution in [0.25, 0.3) is 10.2 Å². The number of nitrogens with zero attached hydrogens (tertiary/aromatic N) is 1. The molecular formula is C16H12FNO3S. The summed E-state index contributed by atoms with van der Waals surface area (Å²) in [5.74, 6) is -0.0289. The van der Waals surface area contributed by atoms with Crippen LogP contribution in [0.4, 0.5) is 4.39 Å². The molecule has 1 heterocycles. The summed E-state index contributed by atoms with van der Waals surface area (Å²) in [6.45, 7) is 0. The normalized spacial score (nSPS) is 10.7. The number of hydrogen-bond acceptors (Lipinski definition) is 5. The molecule has 0 aliphatic heterocycles. The molecule has 0 saturated heterocycles. The zero-order chi connectivity index (χ0) is 15.7. The number of benzene rings is 2. The van der Waals surface area contributed by atoms with Gasteiger partial charge < -0.3 is 9.47 Å². The molecule has 0 N–H and O–H groups in total. The Labute approximate surface area is 130 Å². The lowest BCUT2D eigenvalue weighted by molar-refractivity contribution is 0.103. The number of methoxy groups -OCH3 is 2. The van der Waals surface area contributed by atoms with Crippen LogP contribution in [0.3, 0.4) is 0 Å². The Morgan fingerprint density at radius 2 is 1.95 bits per heavy atom. The Balaban J connectivity index is 2.01. The van der Waals surface area contributed by atoms with Crippen LogP contribution in [0.15, 0.2) is 36.4 Å². The highest BCUT2D eigenvalue weighted by atomic mass is 32.1. The summed E-state index contributed by atoms with van der Waals surface area (Å²) in [6.07, 6.45) is 0. The number of ether oxygens (including phenoxy) is 2. The number of rotatable bonds is 4. The standard InChI is InChI=1S/C16H12FNO3S/c1-20-10-4-6-12-14(8-10)22-16(18-12)15(19)9-3-5-11(17)13(7-9)21-2/h3-8H,1-2H3. The first-order chi connectivity index (χ1) is 10.6. The highest BCUT2D eigenvalue weighted by Crippen LogP contribution is 2.28. The summed E-state index contributed by atoms with van der Waals surface area (Å²) < 4.78 is 24.3. The van der Waals surface area contributed by atoms with Gasteiger partial charge in [-0.1, -0.05) is 0 Å². The molecule has 3 rings (SSSR count). The number of aromatic nitrogens is 1. The van der Waals surface area contributed by atoms with Gasteiger partial charge in [-0.25, -0.2) is 9.37 Å². The molecule has 0 spiro atoms. The van der Waals surface area contributed by atoms with Crippen molar-refractivity contribution in [2.75, 3.05) is 14.2 Å². The predicted octanol–water partition coefficient (Wildman–Crippen LogP) is 3.68. The van der Waals surface area contributed by atoms with Crippen LogP contribution in [-0.2, 0) is 0 Å². The molecule has 3 aromatic rings. The van der Waals surface area contributed by atoms with Crippen LogP contribution in [-0.4, -0.2) is 25.0 Å². The Morgan fingerprint density at radius 1 is 1.14 bits per heavy atom. The largest absolute Gasteiger partial charge is 0.497 e. The molecule has 112 valence electrons. The molecule has 0 radical (unpaired) electrons. The molecule has 0 unspecified atom stereocenters. The quantitative estimate of drug-likeness (QED) is 0.689. The number of ketones is 1. The second kappa shape index (κ2) is 5.73. The average Bonchev–Trinajstić information content (AvgIpc) is 2.97. The zero-order valence-electron chi connectivity index (χ0n) is 11.9. The van der Waals surface area contributed by atoms with Crippen molar-refractivity contribution in [2.24, 2.45) is 0 Å². The van der Waals surface area contributed by atoms with E-state index in [0.717, 1.165) is 10.2 Å². The maximum atomic E-state index is 13.4. The minimum Gasteiger partial charge on any atom is -0.497 e. The molecule has 2 aromatic carbocycles. The van der Waals surface area contributed by atoms with Gasteiger partial charge in [0.2, 0.25) is 5.78 Å². The van der Waals surface area contributed by atoms with Gasteiger partial charge >= 0.3 is 0 Å². The van der Waals surface area contributed by atoms with Gasteiger partial charge in [-0.15, -0.1) is 11.3 Å². The molecule has 1 aromatic heterocycles. The lowest BCUT2D eigenvalue weighted by Crippen LogP contribution is -2.01. The average molecular weight is 317 g/mol. The number of halogens is 1. The Kier molecular flexibility index (Phi) is 3.77. The van der Waals surface area contributed by atoms with Crippen molar-refractivity contribution in [3.8, 4) is 11.5 Å². The van der Waals surface area contributed by atoms with E-state index in [1.54, 1.807) is 19.2 Å². The lowest BCUT2D eigenvalue weighted by Gasteiger charge is -2.03. The molecule has 0 aliphatic carbocycles. The highest BCUT2D eigenvalue weighted by Gasteiger charge is 2.17. The Hall–Kier alpha value is -2.47. The maximum absolute atomic E-state index is 13.4. The lowest BCUT2D eigenvalue weighted by atomic mass is 10.1. The molecule has 6 heteroatoms. The Bertz CT molecular complexity index is 860. The van der Waals surface area contributed by atoms with E-state index in [9.17, 15) is 9.18 Å². The fourth-order valence-corrected chi connectivity index (χ4v) is 3.01. The Morgan fingerprint density at radius 3 is 2.68 bits per heavy atom. The van der Waals surface area contributed by atoms with Crippen LogP contribution in [0.5, 0.6) is 11.5 Å². The second-order valence-corrected chi connectivity index (χ2v) is 5.56. The molecule has 0 saturated carbocycles. The summed E-state index contributed by atoms with van der Waals surface area (Å²) >= 11 is 1.27. The molecule has 0 aliphatic rings. The van der Waals surface area contributed by atoms with Crippen LogP contribution in [0, 0.1) is 5.82 Å². The monoisotopic (exact) mass is 317 g/mol. The van der Waals surface area contributed by atoms with Crippen molar-refractivity contribution in [3.05, 3.63) is 52.8 Å². The predicted molar refractivity (Wildman–Crippen MR) is 82.6 cm³/mol. The van der Waals surface area contributed by atoms with Crippen LogP contribution in [0.1, 0.15) is 15.4 Å². The van der Waals surface area contributed by atoms with Gasteiger partial charge in [0.1, 0.15) is 5.75 Å². The van der Waals surface area contributed by atoms with Gasteiger partial charge in [-0.2, -0.15) is 0 Å². The first-order valence-corrected chi connectivity index (χ1v) is 7.27. The third-order valence-corrected chi connectivity index (χ3v) is 4.22. The summed E-state index contributed by atoms with van der Waals surface area (Å²) in [6, 6.07) is 9.43.